The van der Waals surface area contributed by atoms with Crippen LogP contribution in [0.15, 0.2) is 291 Å². The number of rotatable bonds is 32. The molecule has 0 spiro atoms. The minimum absolute atomic E-state index is 0.202. The number of hydrogen-bond donors (Lipinski definition) is 0. The fourth-order valence-electron chi connectivity index (χ4n) is 17.1. The molecule has 17 aromatic carbocycles. The van der Waals surface area contributed by atoms with Gasteiger partial charge in [-0.2, -0.15) is 0 Å². The number of fused-ring (bicyclic) bond motifs is 8. The first-order chi connectivity index (χ1) is 57.5. The molecule has 0 saturated heterocycles. The second kappa shape index (κ2) is 35.0. The molecule has 12 nitrogen and oxygen atoms in total. The van der Waals surface area contributed by atoms with Gasteiger partial charge >= 0.3 is 0 Å². The average Bonchev–Trinajstić information content (AvgIpc) is 0.719. The lowest BCUT2D eigenvalue weighted by Crippen LogP contribution is -2.13. The molecule has 0 fully saturated rings. The molecule has 0 atom stereocenters. The van der Waals surface area contributed by atoms with Crippen molar-refractivity contribution >= 4 is 86.2 Å². The van der Waals surface area contributed by atoms with Gasteiger partial charge in [-0.3, -0.25) is 0 Å². The van der Waals surface area contributed by atoms with E-state index >= 15 is 0 Å². The molecular weight excluding hydrogens is 1440 g/mol. The minimum atomic E-state index is 0.202. The third-order valence-electron chi connectivity index (χ3n) is 22.0. The van der Waals surface area contributed by atoms with Crippen LogP contribution in [0.3, 0.4) is 0 Å². The second-order valence-corrected chi connectivity index (χ2v) is 28.6. The van der Waals surface area contributed by atoms with E-state index in [1.54, 1.807) is 42.7 Å². The highest BCUT2D eigenvalue weighted by Crippen LogP contribution is 2.60. The van der Waals surface area contributed by atoms with Crippen LogP contribution in [-0.4, -0.2) is 122 Å². The summed E-state index contributed by atoms with van der Waals surface area (Å²) < 4.78 is 77.4. The Morgan fingerprint density at radius 1 is 0.147 bits per heavy atom. The van der Waals surface area contributed by atoms with E-state index in [2.05, 4.69) is 291 Å². The molecule has 0 radical (unpaired) electrons. The lowest BCUT2D eigenvalue weighted by Gasteiger charge is -2.26. The summed E-state index contributed by atoms with van der Waals surface area (Å²) in [6, 6.07) is 105. The molecule has 0 aliphatic heterocycles. The first kappa shape index (κ1) is 76.0. The summed E-state index contributed by atoms with van der Waals surface area (Å²) in [7, 11) is 10.1. The zero-order valence-corrected chi connectivity index (χ0v) is 66.1. The van der Waals surface area contributed by atoms with Gasteiger partial charge in [-0.1, -0.05) is 273 Å². The Kier molecular flexibility index (Phi) is 22.9. The molecule has 0 N–H and O–H groups in total. The quantitative estimate of drug-likeness (QED) is 0.0296. The van der Waals surface area contributed by atoms with Crippen molar-refractivity contribution in [3.05, 3.63) is 291 Å². The Labute approximate surface area is 675 Å². The van der Waals surface area contributed by atoms with Crippen LogP contribution >= 0.6 is 0 Å². The van der Waals surface area contributed by atoms with Crippen molar-refractivity contribution in [2.45, 2.75) is 0 Å². The van der Waals surface area contributed by atoms with Crippen molar-refractivity contribution in [1.29, 1.82) is 0 Å². The van der Waals surface area contributed by atoms with Crippen molar-refractivity contribution in [3.63, 3.8) is 0 Å². The number of hydrogen-bond acceptors (Lipinski definition) is 12. The van der Waals surface area contributed by atoms with Gasteiger partial charge < -0.3 is 56.8 Å². The molecule has 578 valence electrons. The van der Waals surface area contributed by atoms with Gasteiger partial charge in [0.15, 0.2) is 23.0 Å². The van der Waals surface area contributed by atoms with E-state index < -0.39 is 0 Å². The molecule has 0 aliphatic carbocycles. The summed E-state index contributed by atoms with van der Waals surface area (Å²) in [5, 5.41) is 16.8. The molecule has 0 aromatic heterocycles. The summed E-state index contributed by atoms with van der Waals surface area (Å²) in [4.78, 5) is 0. The molecule has 12 heteroatoms. The van der Waals surface area contributed by atoms with E-state index in [0.29, 0.717) is 74.1 Å². The average molecular weight is 1530 g/mol. The Bertz CT molecular complexity index is 5840. The van der Waals surface area contributed by atoms with E-state index in [0.717, 1.165) is 175 Å². The molecular formula is C104H90O12. The first-order valence-electron chi connectivity index (χ1n) is 39.6. The fraction of sp³-hybridized carbons (Fsp3) is 0.173. The first-order valence-corrected chi connectivity index (χ1v) is 39.6. The summed E-state index contributed by atoms with van der Waals surface area (Å²) in [6.07, 6.45) is 0. The second-order valence-electron chi connectivity index (χ2n) is 28.6. The van der Waals surface area contributed by atoms with Gasteiger partial charge in [0.2, 0.25) is 11.5 Å². The maximum Gasteiger partial charge on any atom is 0.204 e. The van der Waals surface area contributed by atoms with E-state index in [1.807, 2.05) is 0 Å². The molecule has 0 amide bonds. The Morgan fingerprint density at radius 2 is 0.310 bits per heavy atom. The van der Waals surface area contributed by atoms with Crippen LogP contribution in [0.4, 0.5) is 0 Å². The lowest BCUT2D eigenvalue weighted by atomic mass is 9.81. The Morgan fingerprint density at radius 3 is 0.509 bits per heavy atom. The van der Waals surface area contributed by atoms with Crippen LogP contribution in [0.1, 0.15) is 0 Å². The van der Waals surface area contributed by atoms with Gasteiger partial charge in [0.1, 0.15) is 39.6 Å². The van der Waals surface area contributed by atoms with Crippen LogP contribution in [0.2, 0.25) is 0 Å². The van der Waals surface area contributed by atoms with E-state index in [9.17, 15) is 0 Å². The number of benzene rings is 17. The smallest absolute Gasteiger partial charge is 0.204 e. The lowest BCUT2D eigenvalue weighted by molar-refractivity contribution is 0.124. The Balaban J connectivity index is 0.912. The number of methoxy groups -OCH3 is 6. The highest BCUT2D eigenvalue weighted by atomic mass is 16.6. The largest absolute Gasteiger partial charge is 0.486 e. The molecule has 0 saturated carbocycles. The van der Waals surface area contributed by atoms with E-state index in [-0.39, 0.29) is 39.6 Å². The summed E-state index contributed by atoms with van der Waals surface area (Å²) >= 11 is 0. The molecule has 0 unspecified atom stereocenters. The zero-order valence-electron chi connectivity index (χ0n) is 66.1. The summed E-state index contributed by atoms with van der Waals surface area (Å²) in [5.74, 6) is 2.98. The van der Waals surface area contributed by atoms with Gasteiger partial charge in [-0.15, -0.1) is 0 Å². The topological polar surface area (TPSA) is 111 Å². The highest BCUT2D eigenvalue weighted by molar-refractivity contribution is 6.28. The maximum atomic E-state index is 7.19. The van der Waals surface area contributed by atoms with Crippen molar-refractivity contribution < 1.29 is 56.8 Å². The van der Waals surface area contributed by atoms with E-state index in [1.165, 1.54) is 0 Å². The summed E-state index contributed by atoms with van der Waals surface area (Å²) in [6.45, 7) is 3.18. The monoisotopic (exact) mass is 1530 g/mol. The maximum absolute atomic E-state index is 7.19. The van der Waals surface area contributed by atoms with Gasteiger partial charge in [-0.25, -0.2) is 0 Å². The third-order valence-corrected chi connectivity index (χ3v) is 22.0. The predicted octanol–water partition coefficient (Wildman–Crippen LogP) is 24.4. The van der Waals surface area contributed by atoms with Gasteiger partial charge in [0.05, 0.1) is 39.6 Å². The molecule has 0 bridgehead atoms. The predicted molar refractivity (Wildman–Crippen MR) is 474 cm³/mol. The molecule has 0 aliphatic rings. The van der Waals surface area contributed by atoms with Crippen LogP contribution < -0.4 is 28.4 Å². The van der Waals surface area contributed by atoms with Crippen molar-refractivity contribution in [3.8, 4) is 124 Å². The third kappa shape index (κ3) is 14.3. The Hall–Kier alpha value is -12.6. The van der Waals surface area contributed by atoms with Crippen molar-refractivity contribution in [2.24, 2.45) is 0 Å². The van der Waals surface area contributed by atoms with Crippen molar-refractivity contribution in [1.82, 2.24) is 0 Å². The normalized spacial score (nSPS) is 11.6. The van der Waals surface area contributed by atoms with Gasteiger partial charge in [-0.05, 0) is 149 Å². The minimum Gasteiger partial charge on any atom is -0.486 e. The van der Waals surface area contributed by atoms with Crippen LogP contribution in [0.5, 0.6) is 34.5 Å². The highest BCUT2D eigenvalue weighted by Gasteiger charge is 2.33. The summed E-state index contributed by atoms with van der Waals surface area (Å²) in [5.41, 5.74) is 16.0. The SMILES string of the molecule is COCCOc1c(-c2c3ccccc3c(-c3ccccc3)c3ccccc23)cc(-c2c3ccccc3c(-c3cccc(-c4c5ccccc5c(-c5cc(-c6c7ccccc7c(-c7ccccc7)c7ccccc67)c(OCCOC)c(OCCOC)c5OCCOC)c5ccccc45)c3)c3ccccc23)c(OCCOC)c1OCCOC. The number of ether oxygens (including phenoxy) is 12. The molecule has 116 heavy (non-hydrogen) atoms. The van der Waals surface area contributed by atoms with Crippen LogP contribution in [-0.2, 0) is 28.4 Å². The van der Waals surface area contributed by atoms with Crippen LogP contribution in [0.25, 0.3) is 175 Å². The fourth-order valence-corrected chi connectivity index (χ4v) is 17.1. The van der Waals surface area contributed by atoms with Crippen LogP contribution in [0, 0.1) is 0 Å². The zero-order chi connectivity index (χ0) is 78.9. The van der Waals surface area contributed by atoms with E-state index in [4.69, 9.17) is 56.8 Å². The van der Waals surface area contributed by atoms with Gasteiger partial charge in [0, 0.05) is 87.2 Å². The molecule has 17 aromatic rings. The standard InChI is InChI=1S/C104H90O12/c1-105-52-58-111-99-87(95-79-44-21-13-36-71(79)91(67-30-9-7-10-31-67)72-37-14-22-45-80(72)95)65-89(101(113-60-54-107-3)103(99)115-62-56-109-5)97-83-48-25-17-40-75(83)93(76-41-18-26-49-84(76)97)69-34-29-35-70(64-69)94-77-42-19-27-50-85(77)98(86-51-28-20-43-78(86)94)90-66-88(100(112-59-53-106-2)104(116-63-57-110-6)102(90)114-61-55-108-4)96-81-46-23-15-38-73(81)92(68-32-11-8-12-33-68)74-39-16-24-47-82(74)96/h7-51,64-66H,52-63H2,1-6H3. The molecule has 0 heterocycles. The van der Waals surface area contributed by atoms with Crippen molar-refractivity contribution in [2.75, 3.05) is 122 Å². The van der Waals surface area contributed by atoms with Gasteiger partial charge in [0.25, 0.3) is 0 Å². The molecule has 17 rings (SSSR count).